The van der Waals surface area contributed by atoms with Crippen molar-refractivity contribution in [3.8, 4) is 0 Å². The van der Waals surface area contributed by atoms with Crippen molar-refractivity contribution in [2.75, 3.05) is 12.4 Å². The number of allylic oxidation sites excluding steroid dienone is 4. The van der Waals surface area contributed by atoms with E-state index in [1.54, 1.807) is 32.2 Å². The number of amides is 1. The molecule has 4 rings (SSSR count). The smallest absolute Gasteiger partial charge is 0.237 e. The van der Waals surface area contributed by atoms with E-state index in [1.807, 2.05) is 31.2 Å². The van der Waals surface area contributed by atoms with Gasteiger partial charge in [-0.1, -0.05) is 60.8 Å². The molecule has 0 aromatic heterocycles. The van der Waals surface area contributed by atoms with Crippen LogP contribution in [0.15, 0.2) is 53.6 Å². The molecular formula is C26H26Cl2F2N2O. The summed E-state index contributed by atoms with van der Waals surface area (Å²) in [6.45, 7) is 3.74. The summed E-state index contributed by atoms with van der Waals surface area (Å²) in [5.41, 5.74) is 0.782. The minimum absolute atomic E-state index is 0.0762. The molecule has 174 valence electrons. The molecule has 0 fully saturated rings. The predicted octanol–water partition coefficient (Wildman–Crippen LogP) is 6.80. The number of carbonyl (C=O) groups is 1. The van der Waals surface area contributed by atoms with E-state index in [0.717, 1.165) is 6.07 Å². The molecule has 0 radical (unpaired) electrons. The van der Waals surface area contributed by atoms with Crippen LogP contribution in [-0.4, -0.2) is 13.0 Å². The number of rotatable bonds is 6. The molecule has 0 bridgehead atoms. The average Bonchev–Trinajstić information content (AvgIpc) is 3.06. The highest BCUT2D eigenvalue weighted by molar-refractivity contribution is 6.31. The Bertz CT molecular complexity index is 1160. The number of benzene rings is 2. The van der Waals surface area contributed by atoms with Crippen LogP contribution < -0.4 is 10.6 Å². The molecule has 1 unspecified atom stereocenters. The summed E-state index contributed by atoms with van der Waals surface area (Å²) in [7, 11) is 1.67. The maximum absolute atomic E-state index is 15.3. The van der Waals surface area contributed by atoms with Gasteiger partial charge < -0.3 is 10.6 Å². The Hall–Kier alpha value is -2.21. The number of nitrogens with one attached hydrogen (secondary N) is 2. The van der Waals surface area contributed by atoms with Crippen molar-refractivity contribution >= 4 is 34.8 Å². The Labute approximate surface area is 202 Å². The molecule has 0 saturated heterocycles. The fraction of sp³-hybridized carbons (Fsp3) is 0.346. The van der Waals surface area contributed by atoms with E-state index in [9.17, 15) is 9.18 Å². The zero-order valence-corrected chi connectivity index (χ0v) is 20.2. The highest BCUT2D eigenvalue weighted by Crippen LogP contribution is 2.56. The van der Waals surface area contributed by atoms with Crippen LogP contribution in [0, 0.1) is 30.4 Å². The van der Waals surface area contributed by atoms with Crippen molar-refractivity contribution in [1.82, 2.24) is 5.32 Å². The van der Waals surface area contributed by atoms with Crippen LogP contribution >= 0.6 is 23.2 Å². The second-order valence-corrected chi connectivity index (χ2v) is 9.63. The number of halogens is 4. The maximum atomic E-state index is 15.3. The van der Waals surface area contributed by atoms with Gasteiger partial charge in [-0.2, -0.15) is 0 Å². The minimum atomic E-state index is -1.23. The molecule has 0 spiro atoms. The Morgan fingerprint density at radius 1 is 1.24 bits per heavy atom. The summed E-state index contributed by atoms with van der Waals surface area (Å²) in [5.74, 6) is -2.51. The van der Waals surface area contributed by atoms with Gasteiger partial charge in [-0.15, -0.1) is 0 Å². The second kappa shape index (κ2) is 9.21. The molecule has 2 aromatic carbocycles. The van der Waals surface area contributed by atoms with Gasteiger partial charge in [-0.3, -0.25) is 4.79 Å². The normalized spacial score (nSPS) is 23.7. The number of carbonyl (C=O) groups excluding carboxylic acids is 1. The fourth-order valence-corrected chi connectivity index (χ4v) is 6.14. The van der Waals surface area contributed by atoms with Crippen molar-refractivity contribution < 1.29 is 13.6 Å². The quantitative estimate of drug-likeness (QED) is 0.467. The molecule has 3 nitrogen and oxygen atoms in total. The predicted molar refractivity (Wildman–Crippen MR) is 130 cm³/mol. The lowest BCUT2D eigenvalue weighted by molar-refractivity contribution is -0.125. The van der Waals surface area contributed by atoms with Crippen LogP contribution in [0.25, 0.3) is 0 Å². The van der Waals surface area contributed by atoms with Gasteiger partial charge in [0.15, 0.2) is 11.6 Å². The van der Waals surface area contributed by atoms with Crippen molar-refractivity contribution in [2.24, 2.45) is 11.8 Å². The van der Waals surface area contributed by atoms with Crippen LogP contribution in [-0.2, 0) is 10.2 Å². The summed E-state index contributed by atoms with van der Waals surface area (Å²) in [6.07, 6.45) is 6.96. The lowest BCUT2D eigenvalue weighted by atomic mass is 9.58. The molecule has 1 amide bonds. The lowest BCUT2D eigenvalue weighted by Gasteiger charge is -2.45. The maximum Gasteiger partial charge on any atom is 0.237 e. The Balaban J connectivity index is 2.03. The van der Waals surface area contributed by atoms with Gasteiger partial charge in [0.1, 0.15) is 0 Å². The molecule has 7 heteroatoms. The number of hydrogen-bond donors (Lipinski definition) is 2. The first-order valence-corrected chi connectivity index (χ1v) is 11.8. The average molecular weight is 491 g/mol. The van der Waals surface area contributed by atoms with Crippen LogP contribution in [0.5, 0.6) is 0 Å². The lowest BCUT2D eigenvalue weighted by Crippen LogP contribution is -2.53. The number of aryl methyl sites for hydroxylation is 1. The number of fused-ring (bicyclic) bond motifs is 1. The van der Waals surface area contributed by atoms with Crippen LogP contribution in [0.3, 0.4) is 0 Å². The Morgan fingerprint density at radius 3 is 2.67 bits per heavy atom. The van der Waals surface area contributed by atoms with E-state index in [4.69, 9.17) is 23.2 Å². The third kappa shape index (κ3) is 3.80. The second-order valence-electron chi connectivity index (χ2n) is 8.71. The van der Waals surface area contributed by atoms with Gasteiger partial charge >= 0.3 is 0 Å². The third-order valence-electron chi connectivity index (χ3n) is 7.04. The van der Waals surface area contributed by atoms with E-state index in [1.165, 1.54) is 0 Å². The van der Waals surface area contributed by atoms with E-state index >= 15 is 4.39 Å². The highest BCUT2D eigenvalue weighted by atomic mass is 35.5. The SMILES string of the molecule is CC[C@@H](C1C=CC=C(Cl)C1)[C@@]1([C@@H](NC)c2c(C)ccc(F)c2F)C(=O)Nc2cc(Cl)ccc21. The Morgan fingerprint density at radius 2 is 2.00 bits per heavy atom. The van der Waals surface area contributed by atoms with Crippen molar-refractivity contribution in [2.45, 2.75) is 38.1 Å². The molecule has 2 N–H and O–H groups in total. The van der Waals surface area contributed by atoms with Gasteiger partial charge in [0.2, 0.25) is 5.91 Å². The van der Waals surface area contributed by atoms with Gasteiger partial charge in [0.05, 0.1) is 11.5 Å². The molecule has 33 heavy (non-hydrogen) atoms. The first-order chi connectivity index (χ1) is 15.7. The first-order valence-electron chi connectivity index (χ1n) is 11.0. The van der Waals surface area contributed by atoms with Crippen LogP contribution in [0.2, 0.25) is 5.02 Å². The molecule has 1 aliphatic carbocycles. The van der Waals surface area contributed by atoms with Crippen molar-refractivity contribution in [1.29, 1.82) is 0 Å². The highest BCUT2D eigenvalue weighted by Gasteiger charge is 2.59. The standard InChI is InChI=1S/C26H26Cl2F2N2O/c1-4-18(15-6-5-7-16(27)12-15)26(19-10-9-17(28)13-21(19)32-25(26)33)24(31-3)22-14(2)8-11-20(29)23(22)30/h5-11,13,15,18,24,31H,4,12H2,1-3H3,(H,32,33)/t15?,18-,24-,26+/m0/s1. The summed E-state index contributed by atoms with van der Waals surface area (Å²) < 4.78 is 29.8. The summed E-state index contributed by atoms with van der Waals surface area (Å²) >= 11 is 12.6. The number of hydrogen-bond acceptors (Lipinski definition) is 2. The molecular weight excluding hydrogens is 465 g/mol. The fourth-order valence-electron chi connectivity index (χ4n) is 5.72. The third-order valence-corrected chi connectivity index (χ3v) is 7.56. The van der Waals surface area contributed by atoms with Gasteiger partial charge in [-0.25, -0.2) is 8.78 Å². The summed E-state index contributed by atoms with van der Waals surface area (Å²) in [6, 6.07) is 7.07. The molecule has 1 heterocycles. The molecule has 2 aliphatic rings. The molecule has 0 saturated carbocycles. The first kappa shape index (κ1) is 23.9. The van der Waals surface area contributed by atoms with Gasteiger partial charge in [-0.05, 0) is 67.6 Å². The van der Waals surface area contributed by atoms with E-state index in [-0.39, 0.29) is 23.3 Å². The molecule has 4 atom stereocenters. The van der Waals surface area contributed by atoms with Crippen molar-refractivity contribution in [3.63, 3.8) is 0 Å². The van der Waals surface area contributed by atoms with Crippen LogP contribution in [0.4, 0.5) is 14.5 Å². The van der Waals surface area contributed by atoms with Gasteiger partial charge in [0.25, 0.3) is 0 Å². The summed E-state index contributed by atoms with van der Waals surface area (Å²) in [5, 5.41) is 7.35. The minimum Gasteiger partial charge on any atom is -0.325 e. The zero-order valence-electron chi connectivity index (χ0n) is 18.7. The molecule has 1 aliphatic heterocycles. The van der Waals surface area contributed by atoms with E-state index in [0.29, 0.717) is 39.7 Å². The van der Waals surface area contributed by atoms with E-state index in [2.05, 4.69) is 10.6 Å². The van der Waals surface area contributed by atoms with Crippen molar-refractivity contribution in [3.05, 3.63) is 86.9 Å². The molecule has 2 aromatic rings. The summed E-state index contributed by atoms with van der Waals surface area (Å²) in [4.78, 5) is 14.0. The monoisotopic (exact) mass is 490 g/mol. The van der Waals surface area contributed by atoms with Crippen LogP contribution in [0.1, 0.15) is 42.5 Å². The zero-order chi connectivity index (χ0) is 23.9. The topological polar surface area (TPSA) is 41.1 Å². The van der Waals surface area contributed by atoms with E-state index < -0.39 is 23.1 Å². The number of likely N-dealkylation sites (N-methyl/N-ethyl adjacent to an activating group) is 1. The number of anilines is 1. The Kier molecular flexibility index (Phi) is 6.68. The largest absolute Gasteiger partial charge is 0.325 e. The van der Waals surface area contributed by atoms with Gasteiger partial charge in [0, 0.05) is 21.3 Å².